The smallest absolute Gasteiger partial charge is 0.189 e. The van der Waals surface area contributed by atoms with Gasteiger partial charge in [0.2, 0.25) is 0 Å². The maximum atomic E-state index is 5.85. The molecule has 1 unspecified atom stereocenters. The topological polar surface area (TPSA) is 34.2 Å². The van der Waals surface area contributed by atoms with Crippen molar-refractivity contribution >= 4 is 0 Å². The number of rotatable bonds is 11. The van der Waals surface area contributed by atoms with E-state index in [0.717, 1.165) is 38.5 Å². The summed E-state index contributed by atoms with van der Waals surface area (Å²) in [6.07, 6.45) is 0. The summed E-state index contributed by atoms with van der Waals surface area (Å²) in [6.45, 7) is 6.49. The maximum Gasteiger partial charge on any atom is 0.189 e. The second kappa shape index (κ2) is 12.5. The summed E-state index contributed by atoms with van der Waals surface area (Å²) in [5, 5.41) is 0. The molecule has 0 N–H and O–H groups in total. The van der Waals surface area contributed by atoms with Crippen molar-refractivity contribution in [1.82, 2.24) is 9.80 Å². The van der Waals surface area contributed by atoms with Crippen molar-refractivity contribution in [3.8, 4) is 5.75 Å². The average Bonchev–Trinajstić information content (AvgIpc) is 2.87. The first-order valence-electron chi connectivity index (χ1n) is 11.7. The molecule has 1 fully saturated rings. The second-order valence-electron chi connectivity index (χ2n) is 8.35. The molecule has 174 valence electrons. The fraction of sp³-hybridized carbons (Fsp3) is 0.357. The largest absolute Gasteiger partial charge is 0.468 e. The molecule has 5 nitrogen and oxygen atoms in total. The molecule has 0 amide bonds. The van der Waals surface area contributed by atoms with E-state index in [9.17, 15) is 0 Å². The van der Waals surface area contributed by atoms with Gasteiger partial charge in [-0.3, -0.25) is 9.80 Å². The predicted molar refractivity (Wildman–Crippen MR) is 131 cm³/mol. The normalized spacial score (nSPS) is 15.9. The third kappa shape index (κ3) is 6.89. The lowest BCUT2D eigenvalue weighted by Gasteiger charge is -2.40. The highest BCUT2D eigenvalue weighted by molar-refractivity contribution is 5.37. The molecular weight excluding hydrogens is 412 g/mol. The SMILES string of the molecule is COCCOCOc1cccc(C(c2ccccc2)N2CCN(Cc3ccccc3)CC2)c1. The zero-order valence-corrected chi connectivity index (χ0v) is 19.4. The van der Waals surface area contributed by atoms with Crippen molar-refractivity contribution < 1.29 is 14.2 Å². The Labute approximate surface area is 197 Å². The van der Waals surface area contributed by atoms with Gasteiger partial charge in [-0.25, -0.2) is 0 Å². The van der Waals surface area contributed by atoms with Gasteiger partial charge in [0, 0.05) is 39.8 Å². The molecule has 0 aromatic heterocycles. The van der Waals surface area contributed by atoms with Gasteiger partial charge >= 0.3 is 0 Å². The van der Waals surface area contributed by atoms with Crippen molar-refractivity contribution in [2.24, 2.45) is 0 Å². The van der Waals surface area contributed by atoms with Gasteiger partial charge in [0.15, 0.2) is 6.79 Å². The van der Waals surface area contributed by atoms with Crippen LogP contribution in [-0.4, -0.2) is 63.1 Å². The molecule has 3 aromatic carbocycles. The summed E-state index contributed by atoms with van der Waals surface area (Å²) in [5.74, 6) is 0.827. The van der Waals surface area contributed by atoms with Gasteiger partial charge in [-0.2, -0.15) is 0 Å². The quantitative estimate of drug-likeness (QED) is 0.318. The Hall–Kier alpha value is -2.70. The van der Waals surface area contributed by atoms with Gasteiger partial charge in [0.1, 0.15) is 5.75 Å². The van der Waals surface area contributed by atoms with Crippen molar-refractivity contribution in [1.29, 1.82) is 0 Å². The fourth-order valence-corrected chi connectivity index (χ4v) is 4.36. The van der Waals surface area contributed by atoms with Crippen molar-refractivity contribution in [3.63, 3.8) is 0 Å². The zero-order chi connectivity index (χ0) is 22.7. The molecule has 1 aliphatic heterocycles. The molecule has 4 rings (SSSR count). The summed E-state index contributed by atoms with van der Waals surface area (Å²) in [6, 6.07) is 30.1. The highest BCUT2D eigenvalue weighted by atomic mass is 16.7. The average molecular weight is 447 g/mol. The standard InChI is InChI=1S/C28H34N2O3/c1-31-19-20-32-23-33-27-14-8-13-26(21-27)28(25-11-6-3-7-12-25)30-17-15-29(16-18-30)22-24-9-4-2-5-10-24/h2-14,21,28H,15-20,22-23H2,1H3. The molecule has 0 saturated carbocycles. The first-order chi connectivity index (χ1) is 16.3. The monoisotopic (exact) mass is 446 g/mol. The molecule has 1 heterocycles. The van der Waals surface area contributed by atoms with E-state index < -0.39 is 0 Å². The van der Waals surface area contributed by atoms with E-state index in [4.69, 9.17) is 14.2 Å². The van der Waals surface area contributed by atoms with E-state index in [2.05, 4.69) is 88.7 Å². The van der Waals surface area contributed by atoms with E-state index in [1.807, 2.05) is 6.07 Å². The Kier molecular flexibility index (Phi) is 8.90. The molecule has 5 heteroatoms. The molecule has 1 aliphatic rings. The number of hydrogen-bond acceptors (Lipinski definition) is 5. The summed E-state index contributed by atoms with van der Waals surface area (Å²) in [7, 11) is 1.67. The van der Waals surface area contributed by atoms with Crippen LogP contribution in [0.15, 0.2) is 84.9 Å². The number of methoxy groups -OCH3 is 1. The summed E-state index contributed by atoms with van der Waals surface area (Å²) < 4.78 is 16.3. The molecule has 0 aliphatic carbocycles. The van der Waals surface area contributed by atoms with Crippen LogP contribution in [0.4, 0.5) is 0 Å². The van der Waals surface area contributed by atoms with Gasteiger partial charge in [0.05, 0.1) is 19.3 Å². The third-order valence-electron chi connectivity index (χ3n) is 6.05. The summed E-state index contributed by atoms with van der Waals surface area (Å²) in [4.78, 5) is 5.13. The van der Waals surface area contributed by atoms with Crippen LogP contribution in [0.1, 0.15) is 22.7 Å². The summed E-state index contributed by atoms with van der Waals surface area (Å²) in [5.41, 5.74) is 3.93. The predicted octanol–water partition coefficient (Wildman–Crippen LogP) is 4.59. The van der Waals surface area contributed by atoms with E-state index >= 15 is 0 Å². The molecule has 1 atom stereocenters. The number of piperazine rings is 1. The van der Waals surface area contributed by atoms with E-state index in [1.165, 1.54) is 16.7 Å². The van der Waals surface area contributed by atoms with Crippen LogP contribution in [0.5, 0.6) is 5.75 Å². The first-order valence-corrected chi connectivity index (χ1v) is 11.7. The highest BCUT2D eigenvalue weighted by Gasteiger charge is 2.26. The van der Waals surface area contributed by atoms with Gasteiger partial charge in [-0.05, 0) is 28.8 Å². The lowest BCUT2D eigenvalue weighted by atomic mass is 9.96. The van der Waals surface area contributed by atoms with E-state index in [1.54, 1.807) is 7.11 Å². The molecule has 33 heavy (non-hydrogen) atoms. The lowest BCUT2D eigenvalue weighted by Crippen LogP contribution is -2.47. The van der Waals surface area contributed by atoms with Crippen molar-refractivity contribution in [2.45, 2.75) is 12.6 Å². The molecule has 1 saturated heterocycles. The van der Waals surface area contributed by atoms with Gasteiger partial charge in [-0.15, -0.1) is 0 Å². The van der Waals surface area contributed by atoms with Crippen LogP contribution < -0.4 is 4.74 Å². The zero-order valence-electron chi connectivity index (χ0n) is 19.4. The van der Waals surface area contributed by atoms with Crippen LogP contribution >= 0.6 is 0 Å². The first kappa shape index (κ1) is 23.5. The fourth-order valence-electron chi connectivity index (χ4n) is 4.36. The molecule has 0 radical (unpaired) electrons. The van der Waals surface area contributed by atoms with Crippen LogP contribution in [0, 0.1) is 0 Å². The van der Waals surface area contributed by atoms with Crippen LogP contribution in [0.25, 0.3) is 0 Å². The van der Waals surface area contributed by atoms with Crippen LogP contribution in [0.2, 0.25) is 0 Å². The Morgan fingerprint density at radius 1 is 0.758 bits per heavy atom. The number of benzene rings is 3. The second-order valence-corrected chi connectivity index (χ2v) is 8.35. The molecular formula is C28H34N2O3. The Balaban J connectivity index is 1.44. The Morgan fingerprint density at radius 2 is 1.45 bits per heavy atom. The van der Waals surface area contributed by atoms with E-state index in [0.29, 0.717) is 13.2 Å². The third-order valence-corrected chi connectivity index (χ3v) is 6.05. The lowest BCUT2D eigenvalue weighted by molar-refractivity contribution is -0.00854. The number of hydrogen-bond donors (Lipinski definition) is 0. The minimum atomic E-state index is 0.197. The molecule has 3 aromatic rings. The minimum absolute atomic E-state index is 0.197. The number of ether oxygens (including phenoxy) is 3. The van der Waals surface area contributed by atoms with Crippen LogP contribution in [-0.2, 0) is 16.0 Å². The molecule has 0 spiro atoms. The van der Waals surface area contributed by atoms with Gasteiger partial charge in [-0.1, -0.05) is 72.8 Å². The van der Waals surface area contributed by atoms with Gasteiger partial charge in [0.25, 0.3) is 0 Å². The maximum absolute atomic E-state index is 5.85. The van der Waals surface area contributed by atoms with Crippen LogP contribution in [0.3, 0.4) is 0 Å². The highest BCUT2D eigenvalue weighted by Crippen LogP contribution is 2.31. The Morgan fingerprint density at radius 3 is 2.18 bits per heavy atom. The minimum Gasteiger partial charge on any atom is -0.468 e. The number of nitrogens with zero attached hydrogens (tertiary/aromatic N) is 2. The Bertz CT molecular complexity index is 944. The molecule has 0 bridgehead atoms. The van der Waals surface area contributed by atoms with Gasteiger partial charge < -0.3 is 14.2 Å². The van der Waals surface area contributed by atoms with Crippen molar-refractivity contribution in [3.05, 3.63) is 102 Å². The van der Waals surface area contributed by atoms with E-state index in [-0.39, 0.29) is 12.8 Å². The summed E-state index contributed by atoms with van der Waals surface area (Å²) >= 11 is 0. The van der Waals surface area contributed by atoms with Crippen molar-refractivity contribution in [2.75, 3.05) is 53.3 Å².